The molecular formula is C62H43N4+. The number of hydrogen-bond acceptors (Lipinski definition) is 1. The average molecular weight is 844 g/mol. The lowest BCUT2D eigenvalue weighted by molar-refractivity contribution is 0.767. The van der Waals surface area contributed by atoms with Gasteiger partial charge in [0.05, 0.1) is 16.4 Å². The van der Waals surface area contributed by atoms with Crippen molar-refractivity contribution in [2.45, 2.75) is 5.41 Å². The lowest BCUT2D eigenvalue weighted by Gasteiger charge is -2.34. The molecule has 0 spiro atoms. The standard InChI is InChI=1S/C62H43N4/c1-64-41-65(58-33-15-14-32-57(58)64)47-23-16-22-45(39-47)62(54-29-11-8-24-50(54)51-25-9-12-30-55(51)62)46-34-35-53-52-26-10-13-31-56(52)66(59(53)40-46)60-38-44(36-37-63-60)61-48(42-18-4-2-5-19-42)27-17-28-49(61)43-20-6-3-7-21-43/h2-41H,1H3/q+1. The number of nitrogens with zero attached hydrogens (tertiary/aromatic N) is 4. The molecule has 0 saturated carbocycles. The van der Waals surface area contributed by atoms with Crippen LogP contribution < -0.4 is 0 Å². The van der Waals surface area contributed by atoms with Crippen LogP contribution in [0.2, 0.25) is 0 Å². The van der Waals surface area contributed by atoms with Gasteiger partial charge in [0.25, 0.3) is 0 Å². The third-order valence-electron chi connectivity index (χ3n) is 13.9. The van der Waals surface area contributed by atoms with E-state index >= 15 is 0 Å². The van der Waals surface area contributed by atoms with Crippen LogP contribution in [0.25, 0.3) is 88.9 Å². The third-order valence-corrected chi connectivity index (χ3v) is 13.9. The highest BCUT2D eigenvalue weighted by molar-refractivity contribution is 6.10. The summed E-state index contributed by atoms with van der Waals surface area (Å²) >= 11 is 0. The smallest absolute Gasteiger partial charge is 0.191 e. The summed E-state index contributed by atoms with van der Waals surface area (Å²) in [4.78, 5) is 5.22. The van der Waals surface area contributed by atoms with Crippen LogP contribution in [0.4, 0.5) is 0 Å². The van der Waals surface area contributed by atoms with Gasteiger partial charge >= 0.3 is 0 Å². The van der Waals surface area contributed by atoms with Crippen LogP contribution in [0.15, 0.2) is 243 Å². The van der Waals surface area contributed by atoms with Crippen molar-refractivity contribution < 1.29 is 0 Å². The molecule has 1 aliphatic carbocycles. The van der Waals surface area contributed by atoms with Gasteiger partial charge in [-0.2, -0.15) is 4.57 Å². The minimum atomic E-state index is -0.627. The van der Waals surface area contributed by atoms with Crippen LogP contribution in [0.5, 0.6) is 0 Å². The molecule has 66 heavy (non-hydrogen) atoms. The SMILES string of the molecule is Cn1[cH+]n(-c2cccc(C3(c4ccc5c6ccccc6n(-c6cc(-c7c(-c8ccccc8)cccc7-c7ccccc7)ccn6)c5c4)c4ccccc4-c4ccccc43)c2)c2ccccc21. The zero-order chi connectivity index (χ0) is 43.8. The molecule has 0 atom stereocenters. The lowest BCUT2D eigenvalue weighted by atomic mass is 9.67. The van der Waals surface area contributed by atoms with Gasteiger partial charge in [-0.25, -0.2) is 9.55 Å². The van der Waals surface area contributed by atoms with Crippen molar-refractivity contribution in [1.82, 2.24) is 18.7 Å². The Bertz CT molecular complexity index is 3740. The van der Waals surface area contributed by atoms with E-state index in [2.05, 4.69) is 258 Å². The van der Waals surface area contributed by atoms with Crippen molar-refractivity contribution in [2.24, 2.45) is 7.05 Å². The summed E-state index contributed by atoms with van der Waals surface area (Å²) in [5, 5.41) is 2.38. The fourth-order valence-corrected chi connectivity index (χ4v) is 11.1. The number of aromatic nitrogens is 4. The van der Waals surface area contributed by atoms with Crippen LogP contribution in [0.1, 0.15) is 22.3 Å². The van der Waals surface area contributed by atoms with Crippen molar-refractivity contribution in [1.29, 1.82) is 0 Å². The molecule has 12 aromatic rings. The molecule has 0 radical (unpaired) electrons. The Labute approximate surface area is 383 Å². The van der Waals surface area contributed by atoms with Gasteiger partial charge in [-0.3, -0.25) is 4.57 Å². The molecule has 3 aromatic heterocycles. The molecule has 0 aliphatic heterocycles. The first-order chi connectivity index (χ1) is 32.7. The summed E-state index contributed by atoms with van der Waals surface area (Å²) in [7, 11) is 2.12. The molecule has 13 rings (SSSR count). The molecule has 0 amide bonds. The molecule has 310 valence electrons. The van der Waals surface area contributed by atoms with Gasteiger partial charge in [-0.1, -0.05) is 164 Å². The summed E-state index contributed by atoms with van der Waals surface area (Å²) in [5.74, 6) is 0.869. The van der Waals surface area contributed by atoms with Gasteiger partial charge in [-0.05, 0) is 109 Å². The number of para-hydroxylation sites is 3. The monoisotopic (exact) mass is 843 g/mol. The Balaban J connectivity index is 1.07. The molecular weight excluding hydrogens is 801 g/mol. The van der Waals surface area contributed by atoms with Gasteiger partial charge in [0.1, 0.15) is 11.5 Å². The van der Waals surface area contributed by atoms with Crippen LogP contribution in [-0.2, 0) is 12.5 Å². The molecule has 4 heteroatoms. The quantitative estimate of drug-likeness (QED) is 0.147. The Kier molecular flexibility index (Phi) is 8.62. The fraction of sp³-hybridized carbons (Fsp3) is 0.0323. The number of aryl methyl sites for hydroxylation is 1. The van der Waals surface area contributed by atoms with Crippen molar-refractivity contribution in [2.75, 3.05) is 0 Å². The first-order valence-electron chi connectivity index (χ1n) is 22.7. The highest BCUT2D eigenvalue weighted by atomic mass is 15.1. The number of imidazole rings is 1. The number of benzene rings is 9. The minimum absolute atomic E-state index is 0.627. The second kappa shape index (κ2) is 15.0. The van der Waals surface area contributed by atoms with E-state index in [4.69, 9.17) is 4.98 Å². The molecule has 4 nitrogen and oxygen atoms in total. The lowest BCUT2D eigenvalue weighted by Crippen LogP contribution is -2.28. The maximum Gasteiger partial charge on any atom is 0.191 e. The Morgan fingerprint density at radius 1 is 0.409 bits per heavy atom. The number of rotatable bonds is 7. The number of pyridine rings is 1. The number of fused-ring (bicyclic) bond motifs is 7. The highest BCUT2D eigenvalue weighted by Crippen LogP contribution is 2.57. The topological polar surface area (TPSA) is 27.7 Å². The summed E-state index contributed by atoms with van der Waals surface area (Å²) in [6.07, 6.45) is 4.17. The van der Waals surface area contributed by atoms with E-state index in [1.54, 1.807) is 0 Å². The molecule has 0 fully saturated rings. The molecule has 3 heterocycles. The van der Waals surface area contributed by atoms with Gasteiger partial charge < -0.3 is 0 Å². The summed E-state index contributed by atoms with van der Waals surface area (Å²) in [5.41, 5.74) is 19.6. The maximum atomic E-state index is 5.22. The second-order valence-electron chi connectivity index (χ2n) is 17.4. The van der Waals surface area contributed by atoms with Crippen molar-refractivity contribution in [3.8, 4) is 56.0 Å². The second-order valence-corrected chi connectivity index (χ2v) is 17.4. The molecule has 0 unspecified atom stereocenters. The summed E-state index contributed by atoms with van der Waals surface area (Å²) in [6.45, 7) is 0. The van der Waals surface area contributed by atoms with E-state index in [1.807, 2.05) is 6.20 Å². The summed E-state index contributed by atoms with van der Waals surface area (Å²) in [6, 6.07) is 84.3. The van der Waals surface area contributed by atoms with E-state index in [0.717, 1.165) is 28.1 Å². The van der Waals surface area contributed by atoms with Crippen LogP contribution in [0, 0.1) is 0 Å². The van der Waals surface area contributed by atoms with Gasteiger partial charge in [0.15, 0.2) is 17.4 Å². The molecule has 9 aromatic carbocycles. The average Bonchev–Trinajstić information content (AvgIpc) is 4.02. The third kappa shape index (κ3) is 5.65. The zero-order valence-corrected chi connectivity index (χ0v) is 36.4. The maximum absolute atomic E-state index is 5.22. The normalized spacial score (nSPS) is 12.7. The highest BCUT2D eigenvalue weighted by Gasteiger charge is 2.46. The minimum Gasteiger partial charge on any atom is -0.294 e. The van der Waals surface area contributed by atoms with Crippen LogP contribution in [-0.4, -0.2) is 18.7 Å². The van der Waals surface area contributed by atoms with Crippen molar-refractivity contribution in [3.05, 3.63) is 265 Å². The Morgan fingerprint density at radius 2 is 0.970 bits per heavy atom. The van der Waals surface area contributed by atoms with E-state index in [0.29, 0.717) is 0 Å². The number of hydrogen-bond donors (Lipinski definition) is 0. The van der Waals surface area contributed by atoms with Crippen LogP contribution >= 0.6 is 0 Å². The van der Waals surface area contributed by atoms with E-state index in [-0.39, 0.29) is 0 Å². The molecule has 1 aliphatic rings. The predicted octanol–water partition coefficient (Wildman–Crippen LogP) is 15.1. The van der Waals surface area contributed by atoms with E-state index in [1.165, 1.54) is 83.0 Å². The van der Waals surface area contributed by atoms with Crippen LogP contribution in [0.3, 0.4) is 0 Å². The predicted molar refractivity (Wildman–Crippen MR) is 272 cm³/mol. The fourth-order valence-electron chi connectivity index (χ4n) is 11.1. The summed E-state index contributed by atoms with van der Waals surface area (Å²) < 4.78 is 6.91. The Hall–Kier alpha value is -8.60. The molecule has 0 N–H and O–H groups in total. The first kappa shape index (κ1) is 37.9. The van der Waals surface area contributed by atoms with Gasteiger partial charge in [0.2, 0.25) is 0 Å². The van der Waals surface area contributed by atoms with E-state index in [9.17, 15) is 0 Å². The van der Waals surface area contributed by atoms with Crippen molar-refractivity contribution in [3.63, 3.8) is 0 Å². The first-order valence-corrected chi connectivity index (χ1v) is 22.7. The van der Waals surface area contributed by atoms with Gasteiger partial charge in [0, 0.05) is 48.3 Å². The zero-order valence-electron chi connectivity index (χ0n) is 36.4. The Morgan fingerprint density at radius 3 is 1.68 bits per heavy atom. The molecule has 0 bridgehead atoms. The van der Waals surface area contributed by atoms with E-state index < -0.39 is 5.41 Å². The largest absolute Gasteiger partial charge is 0.294 e. The van der Waals surface area contributed by atoms with Crippen molar-refractivity contribution >= 4 is 32.8 Å². The van der Waals surface area contributed by atoms with Gasteiger partial charge in [-0.15, -0.1) is 0 Å². The molecule has 0 saturated heterocycles.